The summed E-state index contributed by atoms with van der Waals surface area (Å²) in [5, 5.41) is 8.52. The van der Waals surface area contributed by atoms with Crippen molar-refractivity contribution in [2.45, 2.75) is 6.54 Å². The lowest BCUT2D eigenvalue weighted by molar-refractivity contribution is -0.136. The SMILES string of the molecule is O=C(/C=C/c1cn(Cc2ccccc2)nn1)OCC(=O)c1ccc(Cl)cc1. The zero-order valence-corrected chi connectivity index (χ0v) is 15.0. The summed E-state index contributed by atoms with van der Waals surface area (Å²) < 4.78 is 6.62. The highest BCUT2D eigenvalue weighted by atomic mass is 35.5. The summed E-state index contributed by atoms with van der Waals surface area (Å²) in [6.45, 7) is 0.243. The molecule has 0 N–H and O–H groups in total. The van der Waals surface area contributed by atoms with E-state index in [1.807, 2.05) is 30.3 Å². The van der Waals surface area contributed by atoms with Crippen LogP contribution in [0.5, 0.6) is 0 Å². The largest absolute Gasteiger partial charge is 0.454 e. The zero-order chi connectivity index (χ0) is 19.1. The normalized spacial score (nSPS) is 10.9. The monoisotopic (exact) mass is 381 g/mol. The van der Waals surface area contributed by atoms with E-state index in [1.165, 1.54) is 12.2 Å². The molecular formula is C20H16ClN3O3. The summed E-state index contributed by atoms with van der Waals surface area (Å²) in [5.74, 6) is -0.933. The Balaban J connectivity index is 1.50. The molecule has 7 heteroatoms. The Morgan fingerprint density at radius 3 is 2.56 bits per heavy atom. The van der Waals surface area contributed by atoms with Crippen molar-refractivity contribution in [1.82, 2.24) is 15.0 Å². The molecule has 6 nitrogen and oxygen atoms in total. The molecule has 1 heterocycles. The third kappa shape index (κ3) is 5.62. The lowest BCUT2D eigenvalue weighted by atomic mass is 10.1. The molecule has 1 aromatic heterocycles. The third-order valence-corrected chi connectivity index (χ3v) is 3.90. The number of carbonyl (C=O) groups is 2. The van der Waals surface area contributed by atoms with Gasteiger partial charge in [-0.15, -0.1) is 5.10 Å². The van der Waals surface area contributed by atoms with E-state index < -0.39 is 5.97 Å². The molecule has 0 aliphatic rings. The van der Waals surface area contributed by atoms with E-state index in [0.29, 0.717) is 22.8 Å². The molecule has 3 aromatic rings. The average molecular weight is 382 g/mol. The summed E-state index contributed by atoms with van der Waals surface area (Å²) >= 11 is 5.77. The Bertz CT molecular complexity index is 950. The first-order valence-corrected chi connectivity index (χ1v) is 8.55. The molecule has 0 radical (unpaired) electrons. The second-order valence-electron chi connectivity index (χ2n) is 5.70. The van der Waals surface area contributed by atoms with E-state index in [1.54, 1.807) is 35.1 Å². The van der Waals surface area contributed by atoms with Crippen LogP contribution in [0, 0.1) is 0 Å². The smallest absolute Gasteiger partial charge is 0.331 e. The summed E-state index contributed by atoms with van der Waals surface area (Å²) in [5.41, 5.74) is 2.05. The van der Waals surface area contributed by atoms with Crippen molar-refractivity contribution in [3.63, 3.8) is 0 Å². The summed E-state index contributed by atoms with van der Waals surface area (Å²) in [6.07, 6.45) is 4.42. The van der Waals surface area contributed by atoms with Gasteiger partial charge in [0.05, 0.1) is 12.7 Å². The first-order valence-electron chi connectivity index (χ1n) is 8.18. The van der Waals surface area contributed by atoms with E-state index in [0.717, 1.165) is 5.56 Å². The molecule has 27 heavy (non-hydrogen) atoms. The van der Waals surface area contributed by atoms with Crippen molar-refractivity contribution < 1.29 is 14.3 Å². The number of nitrogens with zero attached hydrogens (tertiary/aromatic N) is 3. The van der Waals surface area contributed by atoms with Crippen LogP contribution in [-0.2, 0) is 16.1 Å². The molecule has 0 amide bonds. The quantitative estimate of drug-likeness (QED) is 0.356. The molecule has 2 aromatic carbocycles. The predicted octanol–water partition coefficient (Wildman–Crippen LogP) is 3.42. The van der Waals surface area contributed by atoms with E-state index >= 15 is 0 Å². The molecule has 0 aliphatic carbocycles. The highest BCUT2D eigenvalue weighted by Crippen LogP contribution is 2.10. The number of aromatic nitrogens is 3. The molecule has 0 fully saturated rings. The van der Waals surface area contributed by atoms with Crippen molar-refractivity contribution in [2.24, 2.45) is 0 Å². The molecule has 0 saturated heterocycles. The van der Waals surface area contributed by atoms with Crippen molar-refractivity contribution >= 4 is 29.4 Å². The van der Waals surface area contributed by atoms with Gasteiger partial charge < -0.3 is 4.74 Å². The number of carbonyl (C=O) groups excluding carboxylic acids is 2. The van der Waals surface area contributed by atoms with Crippen LogP contribution in [-0.4, -0.2) is 33.4 Å². The Morgan fingerprint density at radius 2 is 1.81 bits per heavy atom. The van der Waals surface area contributed by atoms with Gasteiger partial charge in [0.2, 0.25) is 0 Å². The number of ketones is 1. The Labute approximate surface area is 161 Å². The number of halogens is 1. The Morgan fingerprint density at radius 1 is 1.07 bits per heavy atom. The number of hydrogen-bond donors (Lipinski definition) is 0. The molecule has 3 rings (SSSR count). The molecule has 0 atom stereocenters. The van der Waals surface area contributed by atoms with Gasteiger partial charge in [-0.05, 0) is 35.9 Å². The first-order chi connectivity index (χ1) is 13.1. The van der Waals surface area contributed by atoms with Crippen LogP contribution in [0.4, 0.5) is 0 Å². The van der Waals surface area contributed by atoms with Crippen LogP contribution in [0.2, 0.25) is 5.02 Å². The fraction of sp³-hybridized carbons (Fsp3) is 0.100. The highest BCUT2D eigenvalue weighted by molar-refractivity contribution is 6.30. The van der Waals surface area contributed by atoms with Gasteiger partial charge in [0, 0.05) is 16.7 Å². The minimum absolute atomic E-state index is 0.303. The third-order valence-electron chi connectivity index (χ3n) is 3.65. The maximum Gasteiger partial charge on any atom is 0.331 e. The molecule has 136 valence electrons. The van der Waals surface area contributed by atoms with Gasteiger partial charge in [0.15, 0.2) is 12.4 Å². The van der Waals surface area contributed by atoms with Crippen LogP contribution in [0.1, 0.15) is 21.6 Å². The van der Waals surface area contributed by atoms with Crippen molar-refractivity contribution in [3.8, 4) is 0 Å². The molecular weight excluding hydrogens is 366 g/mol. The van der Waals surface area contributed by atoms with Crippen molar-refractivity contribution in [1.29, 1.82) is 0 Å². The van der Waals surface area contributed by atoms with Gasteiger partial charge in [0.1, 0.15) is 5.69 Å². The van der Waals surface area contributed by atoms with Crippen LogP contribution in [0.15, 0.2) is 66.9 Å². The van der Waals surface area contributed by atoms with Gasteiger partial charge >= 0.3 is 5.97 Å². The average Bonchev–Trinajstić information content (AvgIpc) is 3.13. The topological polar surface area (TPSA) is 74.1 Å². The van der Waals surface area contributed by atoms with Gasteiger partial charge in [-0.3, -0.25) is 4.79 Å². The number of esters is 1. The minimum Gasteiger partial charge on any atom is -0.454 e. The number of rotatable bonds is 7. The molecule has 0 saturated carbocycles. The van der Waals surface area contributed by atoms with E-state index in [4.69, 9.17) is 16.3 Å². The number of benzene rings is 2. The summed E-state index contributed by atoms with van der Waals surface area (Å²) in [7, 11) is 0. The number of Topliss-reactive ketones (excluding diaryl/α,β-unsaturated/α-hetero) is 1. The summed E-state index contributed by atoms with van der Waals surface area (Å²) in [4.78, 5) is 23.7. The Hall–Kier alpha value is -3.25. The second kappa shape index (κ2) is 8.91. The van der Waals surface area contributed by atoms with Crippen LogP contribution < -0.4 is 0 Å². The maximum absolute atomic E-state index is 11.9. The standard InChI is InChI=1S/C20H16ClN3O3/c21-17-8-6-16(7-9-17)19(25)14-27-20(26)11-10-18-13-24(23-22-18)12-15-4-2-1-3-5-15/h1-11,13H,12,14H2/b11-10+. The van der Waals surface area contributed by atoms with Crippen LogP contribution in [0.3, 0.4) is 0 Å². The molecule has 0 bridgehead atoms. The number of ether oxygens (including phenoxy) is 1. The Kier molecular flexibility index (Phi) is 6.12. The zero-order valence-electron chi connectivity index (χ0n) is 14.3. The minimum atomic E-state index is -0.630. The van der Waals surface area contributed by atoms with Gasteiger partial charge in [-0.2, -0.15) is 0 Å². The maximum atomic E-state index is 11.9. The van der Waals surface area contributed by atoms with Crippen LogP contribution in [0.25, 0.3) is 6.08 Å². The van der Waals surface area contributed by atoms with Gasteiger partial charge in [-0.25, -0.2) is 9.48 Å². The van der Waals surface area contributed by atoms with E-state index in [9.17, 15) is 9.59 Å². The highest BCUT2D eigenvalue weighted by Gasteiger charge is 2.08. The lowest BCUT2D eigenvalue weighted by Crippen LogP contribution is -2.12. The molecule has 0 spiro atoms. The van der Waals surface area contributed by atoms with E-state index in [-0.39, 0.29) is 12.4 Å². The summed E-state index contributed by atoms with van der Waals surface area (Å²) in [6, 6.07) is 16.2. The van der Waals surface area contributed by atoms with E-state index in [2.05, 4.69) is 10.3 Å². The molecule has 0 unspecified atom stereocenters. The molecule has 0 aliphatic heterocycles. The van der Waals surface area contributed by atoms with Crippen LogP contribution >= 0.6 is 11.6 Å². The predicted molar refractivity (Wildman–Crippen MR) is 101 cm³/mol. The fourth-order valence-electron chi connectivity index (χ4n) is 2.29. The lowest BCUT2D eigenvalue weighted by Gasteiger charge is -2.01. The van der Waals surface area contributed by atoms with Crippen molar-refractivity contribution in [3.05, 3.63) is 88.7 Å². The fourth-order valence-corrected chi connectivity index (χ4v) is 2.42. The number of hydrogen-bond acceptors (Lipinski definition) is 5. The van der Waals surface area contributed by atoms with Crippen molar-refractivity contribution in [2.75, 3.05) is 6.61 Å². The van der Waals surface area contributed by atoms with Gasteiger partial charge in [-0.1, -0.05) is 47.1 Å². The second-order valence-corrected chi connectivity index (χ2v) is 6.13. The first kappa shape index (κ1) is 18.5. The van der Waals surface area contributed by atoms with Gasteiger partial charge in [0.25, 0.3) is 0 Å².